The van der Waals surface area contributed by atoms with Crippen LogP contribution in [0.5, 0.6) is 0 Å². The molecule has 0 unspecified atom stereocenters. The Balaban J connectivity index is 2.19. The number of aliphatic carboxylic acids is 1. The van der Waals surface area contributed by atoms with Crippen molar-refractivity contribution in [3.8, 4) is 0 Å². The second-order valence-corrected chi connectivity index (χ2v) is 5.61. The highest BCUT2D eigenvalue weighted by molar-refractivity contribution is 7.12. The Morgan fingerprint density at radius 1 is 1.38 bits per heavy atom. The monoisotopic (exact) mass is 239 g/mol. The standard InChI is InChI=1S/C12H17NO2S/c1-9-5-6-10(16-9)11(12(14)15)13-7-3-2-4-8-13/h5-6,11H,2-4,7-8H2,1H3,(H,14,15)/t11-/m0/s1. The van der Waals surface area contributed by atoms with Crippen molar-refractivity contribution in [3.63, 3.8) is 0 Å². The van der Waals surface area contributed by atoms with Gasteiger partial charge in [-0.25, -0.2) is 0 Å². The molecule has 2 heterocycles. The number of thiophene rings is 1. The van der Waals surface area contributed by atoms with Crippen molar-refractivity contribution in [2.75, 3.05) is 13.1 Å². The first-order valence-electron chi connectivity index (χ1n) is 5.71. The van der Waals surface area contributed by atoms with Crippen LogP contribution in [0.2, 0.25) is 0 Å². The molecule has 1 aliphatic heterocycles. The zero-order chi connectivity index (χ0) is 11.5. The van der Waals surface area contributed by atoms with Crippen molar-refractivity contribution >= 4 is 17.3 Å². The number of carboxylic acid groups (broad SMARTS) is 1. The molecule has 88 valence electrons. The van der Waals surface area contributed by atoms with E-state index in [1.165, 1.54) is 11.3 Å². The van der Waals surface area contributed by atoms with Crippen molar-refractivity contribution in [2.45, 2.75) is 32.2 Å². The summed E-state index contributed by atoms with van der Waals surface area (Å²) in [5.41, 5.74) is 0. The lowest BCUT2D eigenvalue weighted by Crippen LogP contribution is -2.37. The molecule has 16 heavy (non-hydrogen) atoms. The molecule has 0 aromatic carbocycles. The Hall–Kier alpha value is -0.870. The summed E-state index contributed by atoms with van der Waals surface area (Å²) < 4.78 is 0. The van der Waals surface area contributed by atoms with Gasteiger partial charge in [0, 0.05) is 9.75 Å². The van der Waals surface area contributed by atoms with E-state index in [2.05, 4.69) is 4.90 Å². The first kappa shape index (κ1) is 11.6. The van der Waals surface area contributed by atoms with Crippen LogP contribution in [0.25, 0.3) is 0 Å². The molecule has 3 nitrogen and oxygen atoms in total. The van der Waals surface area contributed by atoms with Crippen LogP contribution in [-0.2, 0) is 4.79 Å². The van der Waals surface area contributed by atoms with E-state index in [4.69, 9.17) is 0 Å². The normalized spacial score (nSPS) is 19.6. The van der Waals surface area contributed by atoms with Crippen LogP contribution in [-0.4, -0.2) is 29.1 Å². The van der Waals surface area contributed by atoms with Gasteiger partial charge in [-0.15, -0.1) is 11.3 Å². The molecule has 1 aromatic rings. The predicted octanol–water partition coefficient (Wildman–Crippen LogP) is 2.67. The molecule has 0 spiro atoms. The van der Waals surface area contributed by atoms with E-state index in [0.29, 0.717) is 0 Å². The highest BCUT2D eigenvalue weighted by atomic mass is 32.1. The Labute approximate surface area is 99.7 Å². The fourth-order valence-electron chi connectivity index (χ4n) is 2.23. The number of rotatable bonds is 3. The van der Waals surface area contributed by atoms with Crippen molar-refractivity contribution in [1.29, 1.82) is 0 Å². The Bertz CT molecular complexity index is 369. The minimum atomic E-state index is -0.719. The smallest absolute Gasteiger partial charge is 0.326 e. The van der Waals surface area contributed by atoms with Crippen molar-refractivity contribution in [3.05, 3.63) is 21.9 Å². The van der Waals surface area contributed by atoms with Gasteiger partial charge < -0.3 is 5.11 Å². The van der Waals surface area contributed by atoms with Gasteiger partial charge in [0.05, 0.1) is 0 Å². The molecule has 1 aliphatic rings. The van der Waals surface area contributed by atoms with Crippen LogP contribution in [0, 0.1) is 6.92 Å². The number of hydrogen-bond acceptors (Lipinski definition) is 3. The molecule has 2 rings (SSSR count). The SMILES string of the molecule is Cc1ccc([C@@H](C(=O)O)N2CCCCC2)s1. The summed E-state index contributed by atoms with van der Waals surface area (Å²) in [7, 11) is 0. The highest BCUT2D eigenvalue weighted by Crippen LogP contribution is 2.29. The summed E-state index contributed by atoms with van der Waals surface area (Å²) in [6.45, 7) is 3.84. The third-order valence-corrected chi connectivity index (χ3v) is 4.07. The molecule has 0 amide bonds. The number of likely N-dealkylation sites (tertiary alicyclic amines) is 1. The Morgan fingerprint density at radius 2 is 2.06 bits per heavy atom. The summed E-state index contributed by atoms with van der Waals surface area (Å²) in [5.74, 6) is -0.719. The summed E-state index contributed by atoms with van der Waals surface area (Å²) in [6.07, 6.45) is 3.47. The van der Waals surface area contributed by atoms with Gasteiger partial charge in [-0.3, -0.25) is 9.69 Å². The molecular weight excluding hydrogens is 222 g/mol. The van der Waals surface area contributed by atoms with Gasteiger partial charge in [0.1, 0.15) is 6.04 Å². The summed E-state index contributed by atoms with van der Waals surface area (Å²) in [6, 6.07) is 3.52. The second kappa shape index (κ2) is 4.97. The van der Waals surface area contributed by atoms with Crippen molar-refractivity contribution in [1.82, 2.24) is 4.90 Å². The summed E-state index contributed by atoms with van der Waals surface area (Å²) >= 11 is 1.60. The minimum absolute atomic E-state index is 0.431. The topological polar surface area (TPSA) is 40.5 Å². The molecule has 0 aliphatic carbocycles. The molecule has 0 radical (unpaired) electrons. The fourth-order valence-corrected chi connectivity index (χ4v) is 3.24. The molecule has 0 bridgehead atoms. The van der Waals surface area contributed by atoms with E-state index in [0.717, 1.165) is 30.8 Å². The van der Waals surface area contributed by atoms with Crippen LogP contribution < -0.4 is 0 Å². The lowest BCUT2D eigenvalue weighted by atomic mass is 10.1. The number of aryl methyl sites for hydroxylation is 1. The van der Waals surface area contributed by atoms with Crippen LogP contribution in [0.4, 0.5) is 0 Å². The van der Waals surface area contributed by atoms with Gasteiger partial charge in [0.25, 0.3) is 0 Å². The van der Waals surface area contributed by atoms with Crippen LogP contribution in [0.15, 0.2) is 12.1 Å². The summed E-state index contributed by atoms with van der Waals surface area (Å²) in [4.78, 5) is 15.6. The maximum Gasteiger partial charge on any atom is 0.326 e. The number of piperidine rings is 1. The minimum Gasteiger partial charge on any atom is -0.480 e. The first-order chi connectivity index (χ1) is 7.68. The Morgan fingerprint density at radius 3 is 2.56 bits per heavy atom. The van der Waals surface area contributed by atoms with E-state index >= 15 is 0 Å². The van der Waals surface area contributed by atoms with E-state index in [1.807, 2.05) is 19.1 Å². The number of carboxylic acids is 1. The summed E-state index contributed by atoms with van der Waals surface area (Å²) in [5, 5.41) is 9.35. The molecule has 1 saturated heterocycles. The van der Waals surface area contributed by atoms with Crippen molar-refractivity contribution < 1.29 is 9.90 Å². The highest BCUT2D eigenvalue weighted by Gasteiger charge is 2.29. The second-order valence-electron chi connectivity index (χ2n) is 4.29. The van der Waals surface area contributed by atoms with Crippen LogP contribution in [0.3, 0.4) is 0 Å². The van der Waals surface area contributed by atoms with E-state index in [1.54, 1.807) is 11.3 Å². The predicted molar refractivity (Wildman–Crippen MR) is 64.9 cm³/mol. The van der Waals surface area contributed by atoms with E-state index in [-0.39, 0.29) is 0 Å². The molecule has 4 heteroatoms. The number of nitrogens with zero attached hydrogens (tertiary/aromatic N) is 1. The number of carbonyl (C=O) groups is 1. The van der Waals surface area contributed by atoms with Gasteiger partial charge in [-0.2, -0.15) is 0 Å². The Kier molecular flexibility index (Phi) is 3.61. The van der Waals surface area contributed by atoms with Gasteiger partial charge >= 0.3 is 5.97 Å². The quantitative estimate of drug-likeness (QED) is 0.881. The maximum atomic E-state index is 11.4. The maximum absolute atomic E-state index is 11.4. The molecule has 1 fully saturated rings. The van der Waals surface area contributed by atoms with Gasteiger partial charge in [-0.05, 0) is 45.0 Å². The van der Waals surface area contributed by atoms with Crippen molar-refractivity contribution in [2.24, 2.45) is 0 Å². The zero-order valence-corrected chi connectivity index (χ0v) is 10.3. The molecule has 1 aromatic heterocycles. The molecule has 0 saturated carbocycles. The lowest BCUT2D eigenvalue weighted by molar-refractivity contribution is -0.143. The molecule has 1 atom stereocenters. The van der Waals surface area contributed by atoms with Crippen LogP contribution >= 0.6 is 11.3 Å². The number of hydrogen-bond donors (Lipinski definition) is 1. The zero-order valence-electron chi connectivity index (χ0n) is 9.48. The third kappa shape index (κ3) is 2.44. The largest absolute Gasteiger partial charge is 0.480 e. The van der Waals surface area contributed by atoms with Gasteiger partial charge in [-0.1, -0.05) is 6.42 Å². The average molecular weight is 239 g/mol. The van der Waals surface area contributed by atoms with Crippen LogP contribution in [0.1, 0.15) is 35.1 Å². The molecular formula is C12H17NO2S. The van der Waals surface area contributed by atoms with Gasteiger partial charge in [0.2, 0.25) is 0 Å². The fraction of sp³-hybridized carbons (Fsp3) is 0.583. The first-order valence-corrected chi connectivity index (χ1v) is 6.53. The van der Waals surface area contributed by atoms with E-state index in [9.17, 15) is 9.90 Å². The average Bonchev–Trinajstić information content (AvgIpc) is 2.66. The third-order valence-electron chi connectivity index (χ3n) is 3.02. The molecule has 1 N–H and O–H groups in total. The van der Waals surface area contributed by atoms with E-state index < -0.39 is 12.0 Å². The van der Waals surface area contributed by atoms with Gasteiger partial charge in [0.15, 0.2) is 0 Å². The lowest BCUT2D eigenvalue weighted by Gasteiger charge is -2.31.